The second-order valence-electron chi connectivity index (χ2n) is 4.71. The SMILES string of the molecule is CCc1nc2c(CC)c3sc(C)nc3c(CC)c2s1. The molecular weight excluding hydrogens is 272 g/mol. The molecule has 3 aromatic rings. The van der Waals surface area contributed by atoms with Crippen molar-refractivity contribution in [3.8, 4) is 0 Å². The molecule has 2 aromatic heterocycles. The number of fused-ring (bicyclic) bond motifs is 2. The molecule has 0 N–H and O–H groups in total. The van der Waals surface area contributed by atoms with Crippen molar-refractivity contribution in [2.75, 3.05) is 0 Å². The van der Waals surface area contributed by atoms with Gasteiger partial charge in [-0.25, -0.2) is 9.97 Å². The number of thiazole rings is 2. The Morgan fingerprint density at radius 3 is 1.95 bits per heavy atom. The maximum atomic E-state index is 4.87. The van der Waals surface area contributed by atoms with Gasteiger partial charge < -0.3 is 0 Å². The van der Waals surface area contributed by atoms with Crippen LogP contribution in [0.5, 0.6) is 0 Å². The summed E-state index contributed by atoms with van der Waals surface area (Å²) in [6.07, 6.45) is 3.09. The van der Waals surface area contributed by atoms with Gasteiger partial charge in [0.2, 0.25) is 0 Å². The Balaban J connectivity index is 2.52. The minimum Gasteiger partial charge on any atom is -0.241 e. The van der Waals surface area contributed by atoms with E-state index >= 15 is 0 Å². The van der Waals surface area contributed by atoms with Crippen LogP contribution in [-0.2, 0) is 19.3 Å². The van der Waals surface area contributed by atoms with Crippen molar-refractivity contribution in [3.05, 3.63) is 21.1 Å². The lowest BCUT2D eigenvalue weighted by molar-refractivity contribution is 1.09. The first kappa shape index (κ1) is 13.0. The Bertz CT molecular complexity index is 694. The standard InChI is InChI=1S/C15H18N2S2/c1-5-9-12-14(18-8(4)16-12)10(6-2)13-15(9)19-11(7-3)17-13/h5-7H2,1-4H3. The van der Waals surface area contributed by atoms with Crippen molar-refractivity contribution < 1.29 is 0 Å². The van der Waals surface area contributed by atoms with E-state index in [-0.39, 0.29) is 0 Å². The lowest BCUT2D eigenvalue weighted by atomic mass is 10.0. The number of aromatic nitrogens is 2. The monoisotopic (exact) mass is 290 g/mol. The van der Waals surface area contributed by atoms with Gasteiger partial charge in [0.05, 0.1) is 30.4 Å². The van der Waals surface area contributed by atoms with Crippen molar-refractivity contribution in [3.63, 3.8) is 0 Å². The second-order valence-corrected chi connectivity index (χ2v) is 7.00. The third-order valence-corrected chi connectivity index (χ3v) is 5.83. The zero-order valence-corrected chi connectivity index (χ0v) is 13.5. The Labute approximate surface area is 121 Å². The summed E-state index contributed by atoms with van der Waals surface area (Å²) in [5, 5.41) is 2.40. The number of rotatable bonds is 3. The highest BCUT2D eigenvalue weighted by Crippen LogP contribution is 2.39. The van der Waals surface area contributed by atoms with Gasteiger partial charge in [-0.15, -0.1) is 22.7 Å². The molecule has 0 aliphatic rings. The summed E-state index contributed by atoms with van der Waals surface area (Å²) in [5.41, 5.74) is 5.24. The summed E-state index contributed by atoms with van der Waals surface area (Å²) in [6.45, 7) is 8.72. The largest absolute Gasteiger partial charge is 0.241 e. The molecule has 3 rings (SSSR count). The van der Waals surface area contributed by atoms with E-state index in [4.69, 9.17) is 9.97 Å². The van der Waals surface area contributed by atoms with Gasteiger partial charge >= 0.3 is 0 Å². The van der Waals surface area contributed by atoms with Crippen LogP contribution in [0, 0.1) is 6.92 Å². The Hall–Kier alpha value is -1.00. The summed E-state index contributed by atoms with van der Waals surface area (Å²) in [7, 11) is 0. The van der Waals surface area contributed by atoms with Crippen LogP contribution >= 0.6 is 22.7 Å². The van der Waals surface area contributed by atoms with Crippen molar-refractivity contribution >= 4 is 43.1 Å². The molecule has 2 heterocycles. The second kappa shape index (κ2) is 4.84. The maximum Gasteiger partial charge on any atom is 0.0936 e. The van der Waals surface area contributed by atoms with Gasteiger partial charge in [0, 0.05) is 0 Å². The lowest BCUT2D eigenvalue weighted by Gasteiger charge is -2.05. The molecule has 0 saturated heterocycles. The fraction of sp³-hybridized carbons (Fsp3) is 0.467. The molecule has 0 aliphatic heterocycles. The fourth-order valence-corrected chi connectivity index (χ4v) is 4.84. The lowest BCUT2D eigenvalue weighted by Crippen LogP contribution is -1.91. The molecule has 19 heavy (non-hydrogen) atoms. The zero-order valence-electron chi connectivity index (χ0n) is 11.8. The van der Waals surface area contributed by atoms with Gasteiger partial charge in [-0.3, -0.25) is 0 Å². The first-order chi connectivity index (χ1) is 9.19. The molecule has 100 valence electrons. The van der Waals surface area contributed by atoms with Gasteiger partial charge in [-0.05, 0) is 37.3 Å². The van der Waals surface area contributed by atoms with Crippen LogP contribution in [0.1, 0.15) is 41.9 Å². The third kappa shape index (κ3) is 1.89. The van der Waals surface area contributed by atoms with Crippen molar-refractivity contribution in [1.82, 2.24) is 9.97 Å². The highest BCUT2D eigenvalue weighted by atomic mass is 32.1. The molecule has 0 saturated carbocycles. The molecule has 0 unspecified atom stereocenters. The van der Waals surface area contributed by atoms with Crippen molar-refractivity contribution in [2.24, 2.45) is 0 Å². The average molecular weight is 290 g/mol. The van der Waals surface area contributed by atoms with Crippen LogP contribution in [0.4, 0.5) is 0 Å². The maximum absolute atomic E-state index is 4.87. The summed E-state index contributed by atoms with van der Waals surface area (Å²) < 4.78 is 2.73. The van der Waals surface area contributed by atoms with E-state index in [1.807, 2.05) is 22.7 Å². The summed E-state index contributed by atoms with van der Waals surface area (Å²) in [5.74, 6) is 0. The quantitative estimate of drug-likeness (QED) is 0.685. The van der Waals surface area contributed by atoms with Crippen LogP contribution < -0.4 is 0 Å². The summed E-state index contributed by atoms with van der Waals surface area (Å²) >= 11 is 3.67. The Morgan fingerprint density at radius 2 is 1.37 bits per heavy atom. The number of nitrogens with zero attached hydrogens (tertiary/aromatic N) is 2. The van der Waals surface area contributed by atoms with E-state index in [0.717, 1.165) is 24.3 Å². The fourth-order valence-electron chi connectivity index (χ4n) is 2.63. The molecule has 0 radical (unpaired) electrons. The minimum absolute atomic E-state index is 1.02. The first-order valence-electron chi connectivity index (χ1n) is 6.89. The number of hydrogen-bond donors (Lipinski definition) is 0. The van der Waals surface area contributed by atoms with Gasteiger partial charge in [0.1, 0.15) is 0 Å². The van der Waals surface area contributed by atoms with Crippen molar-refractivity contribution in [2.45, 2.75) is 47.0 Å². The van der Waals surface area contributed by atoms with Gasteiger partial charge in [-0.2, -0.15) is 0 Å². The molecule has 4 heteroatoms. The molecule has 0 atom stereocenters. The molecule has 0 aliphatic carbocycles. The van der Waals surface area contributed by atoms with E-state index < -0.39 is 0 Å². The predicted octanol–water partition coefficient (Wildman–Crippen LogP) is 4.90. The minimum atomic E-state index is 1.02. The molecule has 0 amide bonds. The normalized spacial score (nSPS) is 11.8. The molecule has 0 bridgehead atoms. The van der Waals surface area contributed by atoms with Gasteiger partial charge in [-0.1, -0.05) is 20.8 Å². The van der Waals surface area contributed by atoms with Crippen LogP contribution in [0.25, 0.3) is 20.4 Å². The van der Waals surface area contributed by atoms with E-state index in [1.165, 1.54) is 36.6 Å². The molecule has 0 spiro atoms. The number of benzene rings is 1. The van der Waals surface area contributed by atoms with Crippen LogP contribution in [-0.4, -0.2) is 9.97 Å². The third-order valence-electron chi connectivity index (χ3n) is 3.53. The van der Waals surface area contributed by atoms with E-state index in [2.05, 4.69) is 27.7 Å². The van der Waals surface area contributed by atoms with Gasteiger partial charge in [0.25, 0.3) is 0 Å². The van der Waals surface area contributed by atoms with Crippen molar-refractivity contribution in [1.29, 1.82) is 0 Å². The highest BCUT2D eigenvalue weighted by Gasteiger charge is 2.18. The number of hydrogen-bond acceptors (Lipinski definition) is 4. The summed E-state index contributed by atoms with van der Waals surface area (Å²) in [6, 6.07) is 0. The van der Waals surface area contributed by atoms with Crippen LogP contribution in [0.3, 0.4) is 0 Å². The predicted molar refractivity (Wildman–Crippen MR) is 85.7 cm³/mol. The van der Waals surface area contributed by atoms with Crippen LogP contribution in [0.15, 0.2) is 0 Å². The van der Waals surface area contributed by atoms with E-state index in [0.29, 0.717) is 0 Å². The smallest absolute Gasteiger partial charge is 0.0936 e. The summed E-state index contributed by atoms with van der Waals surface area (Å²) in [4.78, 5) is 9.64. The van der Waals surface area contributed by atoms with Crippen LogP contribution in [0.2, 0.25) is 0 Å². The Morgan fingerprint density at radius 1 is 0.789 bits per heavy atom. The molecule has 0 fully saturated rings. The zero-order chi connectivity index (χ0) is 13.6. The average Bonchev–Trinajstić information content (AvgIpc) is 2.98. The number of aryl methyl sites for hydroxylation is 4. The van der Waals surface area contributed by atoms with Gasteiger partial charge in [0.15, 0.2) is 0 Å². The molecular formula is C15H18N2S2. The molecule has 1 aromatic carbocycles. The molecule has 2 nitrogen and oxygen atoms in total. The van der Waals surface area contributed by atoms with E-state index in [9.17, 15) is 0 Å². The Kier molecular flexibility index (Phi) is 3.31. The van der Waals surface area contributed by atoms with E-state index in [1.54, 1.807) is 0 Å². The topological polar surface area (TPSA) is 25.8 Å². The first-order valence-corrected chi connectivity index (χ1v) is 8.53. The highest BCUT2D eigenvalue weighted by molar-refractivity contribution is 7.20.